The second-order valence-electron chi connectivity index (χ2n) is 7.99. The van der Waals surface area contributed by atoms with Crippen molar-refractivity contribution in [2.45, 2.75) is 44.9 Å². The Bertz CT molecular complexity index is 598. The highest BCUT2D eigenvalue weighted by Gasteiger charge is 2.53. The highest BCUT2D eigenvalue weighted by atomic mass is 16.7. The Morgan fingerprint density at radius 2 is 1.64 bits per heavy atom. The zero-order valence-corrected chi connectivity index (χ0v) is 12.8. The molecule has 0 N–H and O–H groups in total. The Hall–Kier alpha value is -1.51. The van der Waals surface area contributed by atoms with E-state index in [4.69, 9.17) is 9.47 Å². The molecule has 6 rings (SSSR count). The molecule has 3 heteroatoms. The number of carbonyl (C=O) groups is 1. The molecule has 1 heterocycles. The van der Waals surface area contributed by atoms with Gasteiger partial charge < -0.3 is 9.47 Å². The van der Waals surface area contributed by atoms with Gasteiger partial charge in [-0.25, -0.2) is 0 Å². The van der Waals surface area contributed by atoms with Crippen molar-refractivity contribution in [2.24, 2.45) is 23.2 Å². The molecule has 0 radical (unpaired) electrons. The van der Waals surface area contributed by atoms with Crippen LogP contribution in [0.4, 0.5) is 0 Å². The second-order valence-corrected chi connectivity index (χ2v) is 7.99. The van der Waals surface area contributed by atoms with E-state index in [0.29, 0.717) is 19.0 Å². The topological polar surface area (TPSA) is 35.5 Å². The second kappa shape index (κ2) is 4.50. The zero-order valence-electron chi connectivity index (χ0n) is 12.8. The van der Waals surface area contributed by atoms with Gasteiger partial charge in [-0.1, -0.05) is 6.07 Å². The van der Waals surface area contributed by atoms with E-state index in [1.807, 2.05) is 18.2 Å². The van der Waals surface area contributed by atoms with Gasteiger partial charge in [0.15, 0.2) is 11.5 Å². The monoisotopic (exact) mass is 298 g/mol. The van der Waals surface area contributed by atoms with Crippen molar-refractivity contribution < 1.29 is 14.3 Å². The van der Waals surface area contributed by atoms with Crippen LogP contribution >= 0.6 is 0 Å². The minimum Gasteiger partial charge on any atom is -0.454 e. The Balaban J connectivity index is 1.38. The summed E-state index contributed by atoms with van der Waals surface area (Å²) >= 11 is 0. The Morgan fingerprint density at radius 3 is 2.32 bits per heavy atom. The average Bonchev–Trinajstić information content (AvgIpc) is 2.93. The van der Waals surface area contributed by atoms with E-state index >= 15 is 0 Å². The van der Waals surface area contributed by atoms with Crippen molar-refractivity contribution in [2.75, 3.05) is 6.79 Å². The molecule has 3 nitrogen and oxygen atoms in total. The van der Waals surface area contributed by atoms with Crippen LogP contribution in [-0.2, 0) is 11.2 Å². The van der Waals surface area contributed by atoms with Crippen LogP contribution in [0.3, 0.4) is 0 Å². The van der Waals surface area contributed by atoms with E-state index in [9.17, 15) is 4.79 Å². The first-order chi connectivity index (χ1) is 10.7. The van der Waals surface area contributed by atoms with Crippen LogP contribution in [-0.4, -0.2) is 12.6 Å². The summed E-state index contributed by atoms with van der Waals surface area (Å²) in [4.78, 5) is 13.1. The first-order valence-electron chi connectivity index (χ1n) is 8.62. The Morgan fingerprint density at radius 1 is 1.00 bits per heavy atom. The number of ether oxygens (including phenoxy) is 2. The number of benzene rings is 1. The lowest BCUT2D eigenvalue weighted by atomic mass is 9.48. The van der Waals surface area contributed by atoms with Gasteiger partial charge in [-0.2, -0.15) is 0 Å². The molecule has 0 saturated heterocycles. The molecule has 5 aliphatic rings. The molecule has 116 valence electrons. The van der Waals surface area contributed by atoms with Crippen LogP contribution < -0.4 is 9.47 Å². The standard InChI is InChI=1S/C19H22O3/c20-18(7-12-1-2-16-17(6-12)22-11-21-16)19-8-13-3-14(9-19)5-15(4-13)10-19/h1-2,6,13-15H,3-5,7-11H2. The number of hydrogen-bond acceptors (Lipinski definition) is 3. The fourth-order valence-corrected chi connectivity index (χ4v) is 5.88. The van der Waals surface area contributed by atoms with Crippen molar-refractivity contribution in [3.8, 4) is 11.5 Å². The van der Waals surface area contributed by atoms with E-state index < -0.39 is 0 Å². The molecule has 0 aromatic heterocycles. The van der Waals surface area contributed by atoms with Crippen LogP contribution in [0, 0.1) is 23.2 Å². The first-order valence-corrected chi connectivity index (χ1v) is 8.62. The van der Waals surface area contributed by atoms with E-state index in [-0.39, 0.29) is 5.41 Å². The SMILES string of the molecule is O=C(Cc1ccc2c(c1)OCO2)C12CC3CC(CC(C3)C1)C2. The molecule has 0 spiro atoms. The molecule has 4 fully saturated rings. The van der Waals surface area contributed by atoms with Gasteiger partial charge in [0.05, 0.1) is 0 Å². The molecule has 0 atom stereocenters. The van der Waals surface area contributed by atoms with E-state index in [1.165, 1.54) is 19.3 Å². The minimum atomic E-state index is 0.00508. The first kappa shape index (κ1) is 13.0. The molecule has 22 heavy (non-hydrogen) atoms. The van der Waals surface area contributed by atoms with Gasteiger partial charge >= 0.3 is 0 Å². The van der Waals surface area contributed by atoms with Gasteiger partial charge in [0, 0.05) is 11.8 Å². The van der Waals surface area contributed by atoms with Crippen molar-refractivity contribution >= 4 is 5.78 Å². The quantitative estimate of drug-likeness (QED) is 0.852. The van der Waals surface area contributed by atoms with Gasteiger partial charge in [-0.05, 0) is 74.0 Å². The normalized spacial score (nSPS) is 37.5. The van der Waals surface area contributed by atoms with Crippen LogP contribution in [0.2, 0.25) is 0 Å². The Labute approximate surface area is 131 Å². The maximum Gasteiger partial charge on any atom is 0.231 e. The summed E-state index contributed by atoms with van der Waals surface area (Å²) in [6.07, 6.45) is 8.18. The maximum atomic E-state index is 13.1. The van der Waals surface area contributed by atoms with Crippen LogP contribution in [0.1, 0.15) is 44.1 Å². The number of fused-ring (bicyclic) bond motifs is 1. The van der Waals surface area contributed by atoms with Gasteiger partial charge in [0.2, 0.25) is 6.79 Å². The molecule has 4 bridgehead atoms. The van der Waals surface area contributed by atoms with Crippen molar-refractivity contribution in [3.05, 3.63) is 23.8 Å². The lowest BCUT2D eigenvalue weighted by molar-refractivity contribution is -0.143. The highest BCUT2D eigenvalue weighted by molar-refractivity contribution is 5.87. The molecular formula is C19H22O3. The number of ketones is 1. The predicted octanol–water partition coefficient (Wildman–Crippen LogP) is 3.74. The Kier molecular flexibility index (Phi) is 2.65. The van der Waals surface area contributed by atoms with Gasteiger partial charge in [-0.15, -0.1) is 0 Å². The van der Waals surface area contributed by atoms with Crippen molar-refractivity contribution in [1.29, 1.82) is 0 Å². The highest BCUT2D eigenvalue weighted by Crippen LogP contribution is 2.60. The summed E-state index contributed by atoms with van der Waals surface area (Å²) < 4.78 is 10.8. The molecule has 1 aliphatic heterocycles. The fraction of sp³-hybridized carbons (Fsp3) is 0.632. The lowest BCUT2D eigenvalue weighted by Gasteiger charge is -2.56. The molecular weight excluding hydrogens is 276 g/mol. The van der Waals surface area contributed by atoms with Crippen LogP contribution in [0.15, 0.2) is 18.2 Å². The van der Waals surface area contributed by atoms with E-state index in [2.05, 4.69) is 0 Å². The van der Waals surface area contributed by atoms with Crippen LogP contribution in [0.5, 0.6) is 11.5 Å². The predicted molar refractivity (Wildman–Crippen MR) is 81.9 cm³/mol. The van der Waals surface area contributed by atoms with Crippen LogP contribution in [0.25, 0.3) is 0 Å². The molecule has 0 unspecified atom stereocenters. The van der Waals surface area contributed by atoms with Gasteiger partial charge in [0.25, 0.3) is 0 Å². The smallest absolute Gasteiger partial charge is 0.231 e. The summed E-state index contributed by atoms with van der Waals surface area (Å²) in [5.74, 6) is 4.54. The summed E-state index contributed by atoms with van der Waals surface area (Å²) in [6, 6.07) is 5.94. The maximum absolute atomic E-state index is 13.1. The summed E-state index contributed by atoms with van der Waals surface area (Å²) in [7, 11) is 0. The number of Topliss-reactive ketones (excluding diaryl/α,β-unsaturated/α-hetero) is 1. The molecule has 0 amide bonds. The largest absolute Gasteiger partial charge is 0.454 e. The summed E-state index contributed by atoms with van der Waals surface area (Å²) in [5, 5.41) is 0. The average molecular weight is 298 g/mol. The van der Waals surface area contributed by atoms with E-state index in [0.717, 1.165) is 54.1 Å². The number of hydrogen-bond donors (Lipinski definition) is 0. The summed E-state index contributed by atoms with van der Waals surface area (Å²) in [6.45, 7) is 0.293. The molecule has 4 saturated carbocycles. The van der Waals surface area contributed by atoms with Gasteiger partial charge in [0.1, 0.15) is 5.78 Å². The van der Waals surface area contributed by atoms with E-state index in [1.54, 1.807) is 0 Å². The lowest BCUT2D eigenvalue weighted by Crippen LogP contribution is -2.50. The third-order valence-corrected chi connectivity index (χ3v) is 6.43. The third kappa shape index (κ3) is 1.90. The summed E-state index contributed by atoms with van der Waals surface area (Å²) in [5.41, 5.74) is 1.08. The number of carbonyl (C=O) groups excluding carboxylic acids is 1. The third-order valence-electron chi connectivity index (χ3n) is 6.43. The molecule has 4 aliphatic carbocycles. The number of rotatable bonds is 3. The minimum absolute atomic E-state index is 0.00508. The van der Waals surface area contributed by atoms with Crippen molar-refractivity contribution in [1.82, 2.24) is 0 Å². The molecule has 1 aromatic carbocycles. The van der Waals surface area contributed by atoms with Gasteiger partial charge in [-0.3, -0.25) is 4.79 Å². The molecule has 1 aromatic rings. The zero-order chi connectivity index (χ0) is 14.7. The van der Waals surface area contributed by atoms with Crippen molar-refractivity contribution in [3.63, 3.8) is 0 Å². The fourth-order valence-electron chi connectivity index (χ4n) is 5.88.